The van der Waals surface area contributed by atoms with E-state index < -0.39 is 24.1 Å². The fourth-order valence-corrected chi connectivity index (χ4v) is 2.55. The van der Waals surface area contributed by atoms with E-state index in [4.69, 9.17) is 15.0 Å². The summed E-state index contributed by atoms with van der Waals surface area (Å²) >= 11 is 0. The van der Waals surface area contributed by atoms with Crippen LogP contribution in [-0.4, -0.2) is 18.3 Å². The highest BCUT2D eigenvalue weighted by atomic mass is 19.1. The molecule has 1 saturated heterocycles. The van der Waals surface area contributed by atoms with E-state index in [0.717, 1.165) is 10.8 Å². The lowest BCUT2D eigenvalue weighted by atomic mass is 9.76. The Labute approximate surface area is 124 Å². The van der Waals surface area contributed by atoms with Gasteiger partial charge in [-0.1, -0.05) is 24.3 Å². The van der Waals surface area contributed by atoms with Crippen LogP contribution in [0.15, 0.2) is 30.3 Å². The Bertz CT molecular complexity index is 699. The van der Waals surface area contributed by atoms with Crippen LogP contribution in [0.25, 0.3) is 10.8 Å². The molecule has 110 valence electrons. The van der Waals surface area contributed by atoms with Gasteiger partial charge in [-0.25, -0.2) is 4.39 Å². The van der Waals surface area contributed by atoms with Gasteiger partial charge in [0.05, 0.1) is 16.9 Å². The van der Waals surface area contributed by atoms with Gasteiger partial charge in [0, 0.05) is 5.39 Å². The Hall–Kier alpha value is -1.59. The molecule has 0 aliphatic carbocycles. The molecule has 2 aromatic carbocycles. The summed E-state index contributed by atoms with van der Waals surface area (Å²) in [6, 6.07) is 8.69. The predicted octanol–water partition coefficient (Wildman–Crippen LogP) is 2.86. The minimum Gasteiger partial charge on any atom is -0.399 e. The standard InChI is InChI=1S/C16H19BFNO2/c1-15(2)16(3,4)21-17(20-15)12-7-5-6-11-10(12)8-9-13(18)14(11)19/h5-9H,19H2,1-4H3. The maximum atomic E-state index is 13.6. The molecule has 3 rings (SSSR count). The number of nitrogens with two attached hydrogens (primary N) is 1. The van der Waals surface area contributed by atoms with Crippen molar-refractivity contribution in [3.8, 4) is 0 Å². The van der Waals surface area contributed by atoms with Gasteiger partial charge in [0.2, 0.25) is 0 Å². The van der Waals surface area contributed by atoms with Gasteiger partial charge in [-0.05, 0) is 44.6 Å². The first-order valence-corrected chi connectivity index (χ1v) is 7.05. The van der Waals surface area contributed by atoms with E-state index in [1.807, 2.05) is 45.9 Å². The van der Waals surface area contributed by atoms with Crippen LogP contribution in [-0.2, 0) is 9.31 Å². The molecule has 2 aromatic rings. The summed E-state index contributed by atoms with van der Waals surface area (Å²) in [7, 11) is -0.483. The van der Waals surface area contributed by atoms with Crippen LogP contribution in [0.4, 0.5) is 10.1 Å². The SMILES string of the molecule is CC1(C)OB(c2cccc3c(N)c(F)ccc23)OC1(C)C. The Kier molecular flexibility index (Phi) is 3.04. The Balaban J connectivity index is 2.13. The lowest BCUT2D eigenvalue weighted by Gasteiger charge is -2.32. The maximum Gasteiger partial charge on any atom is 0.495 e. The first kappa shape index (κ1) is 14.4. The molecule has 5 heteroatoms. The van der Waals surface area contributed by atoms with Gasteiger partial charge in [0.15, 0.2) is 0 Å². The van der Waals surface area contributed by atoms with Crippen LogP contribution in [0.2, 0.25) is 0 Å². The van der Waals surface area contributed by atoms with Crippen molar-refractivity contribution in [2.75, 3.05) is 5.73 Å². The first-order valence-electron chi connectivity index (χ1n) is 7.05. The smallest absolute Gasteiger partial charge is 0.399 e. The largest absolute Gasteiger partial charge is 0.495 e. The molecule has 0 bridgehead atoms. The minimum atomic E-state index is -0.483. The number of nitrogen functional groups attached to an aromatic ring is 1. The van der Waals surface area contributed by atoms with Crippen molar-refractivity contribution in [3.05, 3.63) is 36.1 Å². The van der Waals surface area contributed by atoms with Gasteiger partial charge in [0.25, 0.3) is 0 Å². The van der Waals surface area contributed by atoms with Crippen LogP contribution in [0.5, 0.6) is 0 Å². The average molecular weight is 287 g/mol. The number of anilines is 1. The van der Waals surface area contributed by atoms with E-state index in [1.165, 1.54) is 6.07 Å². The lowest BCUT2D eigenvalue weighted by Crippen LogP contribution is -2.41. The second-order valence-corrected chi connectivity index (χ2v) is 6.49. The van der Waals surface area contributed by atoms with Crippen LogP contribution in [0, 0.1) is 5.82 Å². The second kappa shape index (κ2) is 4.45. The van der Waals surface area contributed by atoms with E-state index in [2.05, 4.69) is 0 Å². The molecule has 0 spiro atoms. The summed E-state index contributed by atoms with van der Waals surface area (Å²) < 4.78 is 25.8. The van der Waals surface area contributed by atoms with Gasteiger partial charge in [-0.3, -0.25) is 0 Å². The highest BCUT2D eigenvalue weighted by Gasteiger charge is 2.52. The van der Waals surface area contributed by atoms with Gasteiger partial charge in [0.1, 0.15) is 5.82 Å². The zero-order valence-electron chi connectivity index (χ0n) is 12.7. The van der Waals surface area contributed by atoms with Crippen molar-refractivity contribution in [2.24, 2.45) is 0 Å². The van der Waals surface area contributed by atoms with E-state index in [-0.39, 0.29) is 5.69 Å². The zero-order chi connectivity index (χ0) is 15.4. The number of rotatable bonds is 1. The van der Waals surface area contributed by atoms with Crippen molar-refractivity contribution in [1.29, 1.82) is 0 Å². The zero-order valence-corrected chi connectivity index (χ0v) is 12.7. The molecule has 1 fully saturated rings. The van der Waals surface area contributed by atoms with E-state index in [9.17, 15) is 4.39 Å². The highest BCUT2D eigenvalue weighted by Crippen LogP contribution is 2.37. The summed E-state index contributed by atoms with van der Waals surface area (Å²) in [6.07, 6.45) is 0. The average Bonchev–Trinajstić information content (AvgIpc) is 2.62. The molecular formula is C16H19BFNO2. The van der Waals surface area contributed by atoms with Crippen molar-refractivity contribution >= 4 is 29.0 Å². The number of hydrogen-bond donors (Lipinski definition) is 1. The molecule has 1 aliphatic heterocycles. The fraction of sp³-hybridized carbons (Fsp3) is 0.375. The molecule has 3 nitrogen and oxygen atoms in total. The van der Waals surface area contributed by atoms with E-state index in [1.54, 1.807) is 6.07 Å². The third-order valence-electron chi connectivity index (χ3n) is 4.59. The number of fused-ring (bicyclic) bond motifs is 1. The Morgan fingerprint density at radius 2 is 1.57 bits per heavy atom. The molecule has 0 atom stereocenters. The van der Waals surface area contributed by atoms with Gasteiger partial charge >= 0.3 is 7.12 Å². The monoisotopic (exact) mass is 287 g/mol. The topological polar surface area (TPSA) is 44.5 Å². The van der Waals surface area contributed by atoms with Gasteiger partial charge in [-0.15, -0.1) is 0 Å². The molecule has 0 radical (unpaired) electrons. The first-order chi connectivity index (χ1) is 9.73. The Morgan fingerprint density at radius 3 is 2.19 bits per heavy atom. The number of hydrogen-bond acceptors (Lipinski definition) is 3. The molecule has 21 heavy (non-hydrogen) atoms. The normalized spacial score (nSPS) is 20.1. The minimum absolute atomic E-state index is 0.158. The van der Waals surface area contributed by atoms with Gasteiger partial charge in [-0.2, -0.15) is 0 Å². The maximum absolute atomic E-state index is 13.6. The van der Waals surface area contributed by atoms with Crippen molar-refractivity contribution in [3.63, 3.8) is 0 Å². The highest BCUT2D eigenvalue weighted by molar-refractivity contribution is 6.65. The predicted molar refractivity (Wildman–Crippen MR) is 84.0 cm³/mol. The van der Waals surface area contributed by atoms with Crippen molar-refractivity contribution < 1.29 is 13.7 Å². The third kappa shape index (κ3) is 2.12. The molecule has 1 aliphatic rings. The van der Waals surface area contributed by atoms with Crippen LogP contribution in [0.3, 0.4) is 0 Å². The molecule has 0 saturated carbocycles. The lowest BCUT2D eigenvalue weighted by molar-refractivity contribution is 0.00578. The molecule has 2 N–H and O–H groups in total. The second-order valence-electron chi connectivity index (χ2n) is 6.49. The third-order valence-corrected chi connectivity index (χ3v) is 4.59. The number of benzene rings is 2. The van der Waals surface area contributed by atoms with Crippen LogP contribution in [0.1, 0.15) is 27.7 Å². The molecule has 0 unspecified atom stereocenters. The van der Waals surface area contributed by atoms with Gasteiger partial charge < -0.3 is 15.0 Å². The van der Waals surface area contributed by atoms with E-state index >= 15 is 0 Å². The van der Waals surface area contributed by atoms with Crippen LogP contribution >= 0.6 is 0 Å². The van der Waals surface area contributed by atoms with Crippen molar-refractivity contribution in [1.82, 2.24) is 0 Å². The molecule has 0 amide bonds. The summed E-state index contributed by atoms with van der Waals surface area (Å²) in [5, 5.41) is 1.54. The summed E-state index contributed by atoms with van der Waals surface area (Å²) in [5.41, 5.74) is 6.04. The number of halogens is 1. The molecular weight excluding hydrogens is 268 g/mol. The van der Waals surface area contributed by atoms with Crippen LogP contribution < -0.4 is 11.2 Å². The quantitative estimate of drug-likeness (QED) is 0.648. The van der Waals surface area contributed by atoms with E-state index in [0.29, 0.717) is 5.39 Å². The molecule has 1 heterocycles. The fourth-order valence-electron chi connectivity index (χ4n) is 2.55. The van der Waals surface area contributed by atoms with Crippen molar-refractivity contribution in [2.45, 2.75) is 38.9 Å². The summed E-state index contributed by atoms with van der Waals surface area (Å²) in [6.45, 7) is 8.02. The molecule has 0 aromatic heterocycles. The summed E-state index contributed by atoms with van der Waals surface area (Å²) in [4.78, 5) is 0. The summed E-state index contributed by atoms with van der Waals surface area (Å²) in [5.74, 6) is -0.409. The Morgan fingerprint density at radius 1 is 0.952 bits per heavy atom.